The molecule has 1 rings (SSSR count). The number of hydrogen-bond acceptors (Lipinski definition) is 3. The maximum atomic E-state index is 11.1. The summed E-state index contributed by atoms with van der Waals surface area (Å²) in [5.74, 6) is 0. The van der Waals surface area contributed by atoms with E-state index in [0.717, 1.165) is 5.56 Å². The average molecular weight is 229 g/mol. The Labute approximate surface area is 89.7 Å². The van der Waals surface area contributed by atoms with Crippen molar-refractivity contribution in [1.82, 2.24) is 0 Å². The Morgan fingerprint density at radius 2 is 1.93 bits per heavy atom. The lowest BCUT2D eigenvalue weighted by Gasteiger charge is -2.15. The number of hydrogen-bond donors (Lipinski definition) is 1. The summed E-state index contributed by atoms with van der Waals surface area (Å²) < 4.78 is 21.3. The van der Waals surface area contributed by atoms with Gasteiger partial charge >= 0.3 is 8.03 Å². The van der Waals surface area contributed by atoms with E-state index in [0.29, 0.717) is 10.9 Å². The summed E-state index contributed by atoms with van der Waals surface area (Å²) in [4.78, 5) is 9.17. The van der Waals surface area contributed by atoms with Crippen LogP contribution in [0.5, 0.6) is 0 Å². The predicted octanol–water partition coefficient (Wildman–Crippen LogP) is 1.65. The van der Waals surface area contributed by atoms with Crippen LogP contribution in [0.3, 0.4) is 0 Å². The molecule has 0 fully saturated rings. The van der Waals surface area contributed by atoms with Crippen LogP contribution in [0.2, 0.25) is 0 Å². The normalized spacial score (nSPS) is 11.9. The lowest BCUT2D eigenvalue weighted by Crippen LogP contribution is -2.15. The zero-order valence-corrected chi connectivity index (χ0v) is 9.82. The molecule has 1 aromatic rings. The van der Waals surface area contributed by atoms with Crippen LogP contribution in [0, 0.1) is 6.92 Å². The molecule has 0 spiro atoms. The van der Waals surface area contributed by atoms with Gasteiger partial charge in [-0.05, 0) is 23.1 Å². The maximum Gasteiger partial charge on any atom is 0.546 e. The Morgan fingerprint density at radius 1 is 1.33 bits per heavy atom. The summed E-state index contributed by atoms with van der Waals surface area (Å²) in [6.07, 6.45) is -0.604. The molecular weight excluding hydrogens is 215 g/mol. The fraction of sp³-hybridized carbons (Fsp3) is 0.400. The molecule has 0 radical (unpaired) electrons. The maximum absolute atomic E-state index is 11.1. The Morgan fingerprint density at radius 3 is 2.40 bits per heavy atom. The van der Waals surface area contributed by atoms with Gasteiger partial charge in [0.05, 0.1) is 5.56 Å². The molecule has 15 heavy (non-hydrogen) atoms. The molecule has 0 aromatic heterocycles. The molecule has 1 aromatic carbocycles. The Hall–Kier alpha value is -0.800. The van der Waals surface area contributed by atoms with Gasteiger partial charge < -0.3 is 9.47 Å². The van der Waals surface area contributed by atoms with E-state index >= 15 is 0 Å². The van der Waals surface area contributed by atoms with Crippen LogP contribution >= 0.6 is 8.03 Å². The number of rotatable bonds is 4. The molecule has 0 aliphatic heterocycles. The Balaban J connectivity index is 3.29. The van der Waals surface area contributed by atoms with Crippen LogP contribution in [-0.2, 0) is 14.0 Å². The van der Waals surface area contributed by atoms with Crippen molar-refractivity contribution < 1.29 is 18.9 Å². The van der Waals surface area contributed by atoms with Gasteiger partial charge in [-0.3, -0.25) is 0 Å². The molecular formula is C10H14O4P+. The van der Waals surface area contributed by atoms with E-state index < -0.39 is 14.3 Å². The van der Waals surface area contributed by atoms with E-state index in [1.165, 1.54) is 14.2 Å². The zero-order valence-electron chi connectivity index (χ0n) is 8.93. The van der Waals surface area contributed by atoms with Crippen molar-refractivity contribution >= 4 is 13.3 Å². The van der Waals surface area contributed by atoms with E-state index in [2.05, 4.69) is 0 Å². The Kier molecular flexibility index (Phi) is 4.36. The summed E-state index contributed by atoms with van der Waals surface area (Å²) in [6, 6.07) is 5.19. The highest BCUT2D eigenvalue weighted by Gasteiger charge is 2.28. The minimum absolute atomic E-state index is 0.360. The predicted molar refractivity (Wildman–Crippen MR) is 57.4 cm³/mol. The topological polar surface area (TPSA) is 55.8 Å². The largest absolute Gasteiger partial charge is 0.546 e. The van der Waals surface area contributed by atoms with E-state index in [1.807, 2.05) is 13.0 Å². The smallest absolute Gasteiger partial charge is 0.351 e. The van der Waals surface area contributed by atoms with Crippen molar-refractivity contribution in [3.63, 3.8) is 0 Å². The summed E-state index contributed by atoms with van der Waals surface area (Å²) in [7, 11) is 0.603. The molecule has 0 amide bonds. The first-order chi connectivity index (χ1) is 7.11. The van der Waals surface area contributed by atoms with Gasteiger partial charge in [0.2, 0.25) is 5.30 Å². The van der Waals surface area contributed by atoms with E-state index in [9.17, 15) is 4.57 Å². The third kappa shape index (κ3) is 2.61. The quantitative estimate of drug-likeness (QED) is 0.630. The molecule has 0 saturated carbocycles. The van der Waals surface area contributed by atoms with Crippen LogP contribution in [0.25, 0.3) is 0 Å². The lowest BCUT2D eigenvalue weighted by atomic mass is 10.1. The number of ether oxygens (including phenoxy) is 2. The zero-order chi connectivity index (χ0) is 11.4. The van der Waals surface area contributed by atoms with Gasteiger partial charge in [0, 0.05) is 14.2 Å². The summed E-state index contributed by atoms with van der Waals surface area (Å²) in [5.41, 5.74) is 1.50. The van der Waals surface area contributed by atoms with E-state index in [-0.39, 0.29) is 0 Å². The van der Waals surface area contributed by atoms with Crippen molar-refractivity contribution in [3.05, 3.63) is 29.3 Å². The van der Waals surface area contributed by atoms with Gasteiger partial charge in [-0.25, -0.2) is 0 Å². The molecule has 1 N–H and O–H groups in total. The van der Waals surface area contributed by atoms with Gasteiger partial charge in [0.25, 0.3) is 0 Å². The second-order valence-electron chi connectivity index (χ2n) is 3.08. The van der Waals surface area contributed by atoms with Crippen LogP contribution in [0.1, 0.15) is 17.4 Å². The monoisotopic (exact) mass is 229 g/mol. The first-order valence-electron chi connectivity index (χ1n) is 4.43. The van der Waals surface area contributed by atoms with E-state index in [4.69, 9.17) is 14.4 Å². The fourth-order valence-electron chi connectivity index (χ4n) is 1.47. The fourth-order valence-corrected chi connectivity index (χ4v) is 2.17. The third-order valence-corrected chi connectivity index (χ3v) is 2.97. The van der Waals surface area contributed by atoms with Crippen molar-refractivity contribution in [1.29, 1.82) is 0 Å². The van der Waals surface area contributed by atoms with Gasteiger partial charge in [0.15, 0.2) is 6.29 Å². The van der Waals surface area contributed by atoms with Crippen LogP contribution < -0.4 is 5.30 Å². The van der Waals surface area contributed by atoms with Crippen molar-refractivity contribution in [2.45, 2.75) is 13.2 Å². The summed E-state index contributed by atoms with van der Waals surface area (Å²) in [5, 5.41) is 0.360. The molecule has 1 atom stereocenters. The Bertz CT molecular complexity index is 360. The minimum Gasteiger partial charge on any atom is -0.351 e. The molecule has 0 heterocycles. The first-order valence-corrected chi connectivity index (χ1v) is 5.64. The lowest BCUT2D eigenvalue weighted by molar-refractivity contribution is -0.105. The number of benzene rings is 1. The number of methoxy groups -OCH3 is 2. The van der Waals surface area contributed by atoms with Crippen LogP contribution in [0.15, 0.2) is 18.2 Å². The number of aryl methyl sites for hydroxylation is 1. The average Bonchev–Trinajstić information content (AvgIpc) is 2.21. The van der Waals surface area contributed by atoms with Crippen molar-refractivity contribution in [2.24, 2.45) is 0 Å². The highest BCUT2D eigenvalue weighted by atomic mass is 31.1. The highest BCUT2D eigenvalue weighted by Crippen LogP contribution is 2.26. The summed E-state index contributed by atoms with van der Waals surface area (Å²) in [6.45, 7) is 1.85. The minimum atomic E-state index is -2.39. The van der Waals surface area contributed by atoms with Gasteiger partial charge in [-0.1, -0.05) is 12.1 Å². The van der Waals surface area contributed by atoms with Gasteiger partial charge in [-0.2, -0.15) is 4.89 Å². The molecule has 82 valence electrons. The molecule has 0 bridgehead atoms. The molecule has 4 nitrogen and oxygen atoms in total. The second kappa shape index (κ2) is 5.33. The molecule has 0 aliphatic rings. The van der Waals surface area contributed by atoms with Crippen molar-refractivity contribution in [3.8, 4) is 0 Å². The highest BCUT2D eigenvalue weighted by molar-refractivity contribution is 7.47. The van der Waals surface area contributed by atoms with Crippen LogP contribution in [0.4, 0.5) is 0 Å². The third-order valence-electron chi connectivity index (χ3n) is 2.17. The second-order valence-corrected chi connectivity index (χ2v) is 4.11. The van der Waals surface area contributed by atoms with Crippen LogP contribution in [-0.4, -0.2) is 19.1 Å². The van der Waals surface area contributed by atoms with Gasteiger partial charge in [-0.15, -0.1) is 0 Å². The van der Waals surface area contributed by atoms with Gasteiger partial charge in [0.1, 0.15) is 0 Å². The standard InChI is InChI=1S/C10H13O4P/c1-7-5-4-6-8(15(11)12)9(7)10(13-2)14-3/h4-6,10H,1-3H3/p+1. The molecule has 5 heteroatoms. The summed E-state index contributed by atoms with van der Waals surface area (Å²) >= 11 is 0. The molecule has 0 aliphatic carbocycles. The molecule has 1 unspecified atom stereocenters. The van der Waals surface area contributed by atoms with Crippen molar-refractivity contribution in [2.75, 3.05) is 14.2 Å². The first kappa shape index (κ1) is 12.3. The van der Waals surface area contributed by atoms with E-state index in [1.54, 1.807) is 12.1 Å². The molecule has 0 saturated heterocycles. The SMILES string of the molecule is COC(OC)c1c(C)cccc1[P+](=O)O.